The Hall–Kier alpha value is -2.61. The quantitative estimate of drug-likeness (QED) is 0.644. The van der Waals surface area contributed by atoms with Crippen molar-refractivity contribution < 1.29 is 0 Å². The third kappa shape index (κ3) is 3.33. The van der Waals surface area contributed by atoms with Crippen LogP contribution in [0.5, 0.6) is 0 Å². The van der Waals surface area contributed by atoms with Gasteiger partial charge in [0.2, 0.25) is 0 Å². The molecule has 0 atom stereocenters. The van der Waals surface area contributed by atoms with E-state index in [1.807, 2.05) is 0 Å². The molecule has 2 heterocycles. The zero-order valence-electron chi connectivity index (χ0n) is 13.9. The zero-order valence-corrected chi connectivity index (χ0v) is 13.9. The highest BCUT2D eigenvalue weighted by molar-refractivity contribution is 5.85. The van der Waals surface area contributed by atoms with E-state index >= 15 is 0 Å². The van der Waals surface area contributed by atoms with Gasteiger partial charge in [0.05, 0.1) is 5.69 Å². The highest BCUT2D eigenvalue weighted by Crippen LogP contribution is 2.20. The van der Waals surface area contributed by atoms with E-state index in [9.17, 15) is 0 Å². The van der Waals surface area contributed by atoms with Crippen LogP contribution >= 0.6 is 0 Å². The molecule has 24 heavy (non-hydrogen) atoms. The van der Waals surface area contributed by atoms with Gasteiger partial charge in [-0.15, -0.1) is 0 Å². The first-order valence-corrected chi connectivity index (χ1v) is 8.77. The van der Waals surface area contributed by atoms with Crippen LogP contribution < -0.4 is 4.90 Å². The third-order valence-electron chi connectivity index (χ3n) is 4.66. The van der Waals surface area contributed by atoms with E-state index in [4.69, 9.17) is 4.98 Å². The van der Waals surface area contributed by atoms with Gasteiger partial charge in [-0.3, -0.25) is 0 Å². The fourth-order valence-corrected chi connectivity index (χ4v) is 3.32. The van der Waals surface area contributed by atoms with Crippen LogP contribution in [0.3, 0.4) is 0 Å². The molecule has 1 fully saturated rings. The van der Waals surface area contributed by atoms with Crippen molar-refractivity contribution in [2.24, 2.45) is 0 Å². The van der Waals surface area contributed by atoms with Crippen molar-refractivity contribution in [2.45, 2.75) is 19.3 Å². The average Bonchev–Trinajstić information content (AvgIpc) is 2.67. The molecule has 2 heteroatoms. The van der Waals surface area contributed by atoms with E-state index in [0.717, 1.165) is 24.6 Å². The number of aromatic nitrogens is 1. The SMILES string of the molecule is C(=Cc1cccc(N2CCCCC2)n1)c1ccc2ccccc2c1. The number of fused-ring (bicyclic) bond motifs is 1. The lowest BCUT2D eigenvalue weighted by molar-refractivity contribution is 0.573. The second-order valence-corrected chi connectivity index (χ2v) is 6.41. The Labute approximate surface area is 143 Å². The van der Waals surface area contributed by atoms with Crippen LogP contribution in [0.15, 0.2) is 60.7 Å². The lowest BCUT2D eigenvalue weighted by atomic mass is 10.1. The summed E-state index contributed by atoms with van der Waals surface area (Å²) in [6.07, 6.45) is 8.15. The summed E-state index contributed by atoms with van der Waals surface area (Å²) in [5.74, 6) is 1.11. The number of hydrogen-bond acceptors (Lipinski definition) is 2. The summed E-state index contributed by atoms with van der Waals surface area (Å²) in [6.45, 7) is 2.26. The molecule has 1 saturated heterocycles. The van der Waals surface area contributed by atoms with Crippen molar-refractivity contribution in [1.29, 1.82) is 0 Å². The Morgan fingerprint density at radius 3 is 2.46 bits per heavy atom. The van der Waals surface area contributed by atoms with E-state index in [1.54, 1.807) is 0 Å². The highest BCUT2D eigenvalue weighted by Gasteiger charge is 2.11. The molecule has 0 unspecified atom stereocenters. The van der Waals surface area contributed by atoms with E-state index in [2.05, 4.69) is 77.7 Å². The first-order chi connectivity index (χ1) is 11.9. The Morgan fingerprint density at radius 1 is 0.750 bits per heavy atom. The summed E-state index contributed by atoms with van der Waals surface area (Å²) in [5, 5.41) is 2.55. The first-order valence-electron chi connectivity index (χ1n) is 8.77. The summed E-state index contributed by atoms with van der Waals surface area (Å²) in [6, 6.07) is 21.3. The Balaban J connectivity index is 1.56. The minimum atomic E-state index is 1.02. The molecular weight excluding hydrogens is 292 g/mol. The normalized spacial score (nSPS) is 15.2. The van der Waals surface area contributed by atoms with Crippen LogP contribution in [0.2, 0.25) is 0 Å². The van der Waals surface area contributed by atoms with E-state index < -0.39 is 0 Å². The second kappa shape index (κ2) is 6.88. The molecule has 3 aromatic rings. The van der Waals surface area contributed by atoms with Gasteiger partial charge in [0, 0.05) is 13.1 Å². The number of pyridine rings is 1. The highest BCUT2D eigenvalue weighted by atomic mass is 15.2. The van der Waals surface area contributed by atoms with Gasteiger partial charge in [-0.25, -0.2) is 4.98 Å². The molecule has 1 aliphatic heterocycles. The summed E-state index contributed by atoms with van der Waals surface area (Å²) in [4.78, 5) is 7.21. The Morgan fingerprint density at radius 2 is 1.58 bits per heavy atom. The van der Waals surface area contributed by atoms with Crippen molar-refractivity contribution in [3.8, 4) is 0 Å². The predicted molar refractivity (Wildman–Crippen MR) is 103 cm³/mol. The number of nitrogens with zero attached hydrogens (tertiary/aromatic N) is 2. The van der Waals surface area contributed by atoms with E-state index in [-0.39, 0.29) is 0 Å². The molecule has 2 aromatic carbocycles. The predicted octanol–water partition coefficient (Wildman–Crippen LogP) is 5.40. The molecule has 0 spiro atoms. The number of hydrogen-bond donors (Lipinski definition) is 0. The molecule has 0 amide bonds. The lowest BCUT2D eigenvalue weighted by Crippen LogP contribution is -2.30. The fraction of sp³-hybridized carbons (Fsp3) is 0.227. The molecule has 1 aliphatic rings. The monoisotopic (exact) mass is 314 g/mol. The van der Waals surface area contributed by atoms with Crippen LogP contribution in [-0.2, 0) is 0 Å². The second-order valence-electron chi connectivity index (χ2n) is 6.41. The molecule has 2 nitrogen and oxygen atoms in total. The Bertz CT molecular complexity index is 860. The van der Waals surface area contributed by atoms with Gasteiger partial charge in [0.25, 0.3) is 0 Å². The van der Waals surface area contributed by atoms with Crippen LogP contribution in [0.1, 0.15) is 30.5 Å². The maximum absolute atomic E-state index is 4.81. The van der Waals surface area contributed by atoms with Crippen molar-refractivity contribution in [2.75, 3.05) is 18.0 Å². The molecule has 0 N–H and O–H groups in total. The van der Waals surface area contributed by atoms with Crippen molar-refractivity contribution in [3.05, 3.63) is 71.9 Å². The summed E-state index contributed by atoms with van der Waals surface area (Å²) < 4.78 is 0. The summed E-state index contributed by atoms with van der Waals surface area (Å²) in [5.41, 5.74) is 2.23. The zero-order chi connectivity index (χ0) is 16.2. The topological polar surface area (TPSA) is 16.1 Å². The number of benzene rings is 2. The molecule has 0 bridgehead atoms. The molecule has 120 valence electrons. The number of rotatable bonds is 3. The average molecular weight is 314 g/mol. The standard InChI is InChI=1S/C22H22N2/c1-4-15-24(16-5-1)22-10-6-9-21(23-22)14-12-18-11-13-19-7-2-3-8-20(19)17-18/h2-3,6-14,17H,1,4-5,15-16H2. The van der Waals surface area contributed by atoms with Crippen molar-refractivity contribution in [1.82, 2.24) is 4.98 Å². The maximum atomic E-state index is 4.81. The summed E-state index contributed by atoms with van der Waals surface area (Å²) >= 11 is 0. The molecule has 0 radical (unpaired) electrons. The smallest absolute Gasteiger partial charge is 0.129 e. The van der Waals surface area contributed by atoms with Crippen molar-refractivity contribution in [3.63, 3.8) is 0 Å². The van der Waals surface area contributed by atoms with Gasteiger partial charge in [0.15, 0.2) is 0 Å². The fourth-order valence-electron chi connectivity index (χ4n) is 3.32. The largest absolute Gasteiger partial charge is 0.357 e. The summed E-state index contributed by atoms with van der Waals surface area (Å²) in [7, 11) is 0. The number of piperidine rings is 1. The lowest BCUT2D eigenvalue weighted by Gasteiger charge is -2.27. The third-order valence-corrected chi connectivity index (χ3v) is 4.66. The molecule has 0 saturated carbocycles. The molecule has 1 aromatic heterocycles. The van der Waals surface area contributed by atoms with Crippen molar-refractivity contribution >= 4 is 28.7 Å². The van der Waals surface area contributed by atoms with E-state index in [1.165, 1.54) is 35.6 Å². The van der Waals surface area contributed by atoms with Crippen LogP contribution in [0.25, 0.3) is 22.9 Å². The number of anilines is 1. The van der Waals surface area contributed by atoms with Crippen LogP contribution in [-0.4, -0.2) is 18.1 Å². The minimum absolute atomic E-state index is 1.02. The van der Waals surface area contributed by atoms with Gasteiger partial charge >= 0.3 is 0 Å². The molecule has 4 rings (SSSR count). The van der Waals surface area contributed by atoms with E-state index in [0.29, 0.717) is 0 Å². The van der Waals surface area contributed by atoms with Gasteiger partial charge in [-0.05, 0) is 59.9 Å². The van der Waals surface area contributed by atoms with Gasteiger partial charge in [0.1, 0.15) is 5.82 Å². The van der Waals surface area contributed by atoms with Gasteiger partial charge < -0.3 is 4.90 Å². The van der Waals surface area contributed by atoms with Crippen LogP contribution in [0, 0.1) is 0 Å². The van der Waals surface area contributed by atoms with Gasteiger partial charge in [-0.1, -0.05) is 48.5 Å². The maximum Gasteiger partial charge on any atom is 0.129 e. The van der Waals surface area contributed by atoms with Gasteiger partial charge in [-0.2, -0.15) is 0 Å². The minimum Gasteiger partial charge on any atom is -0.357 e. The Kier molecular flexibility index (Phi) is 4.28. The molecule has 0 aliphatic carbocycles. The molecular formula is C22H22N2. The van der Waals surface area contributed by atoms with Crippen LogP contribution in [0.4, 0.5) is 5.82 Å². The first kappa shape index (κ1) is 14.9.